The van der Waals surface area contributed by atoms with Gasteiger partial charge >= 0.3 is 0 Å². The Bertz CT molecular complexity index is 249. The lowest BCUT2D eigenvalue weighted by Crippen LogP contribution is -2.44. The summed E-state index contributed by atoms with van der Waals surface area (Å²) in [6.45, 7) is 9.84. The van der Waals surface area contributed by atoms with Gasteiger partial charge in [0.1, 0.15) is 0 Å². The number of hydrogen-bond donors (Lipinski definition) is 1. The van der Waals surface area contributed by atoms with Gasteiger partial charge in [0, 0.05) is 32.2 Å². The molecule has 1 rings (SSSR count). The first-order valence-corrected chi connectivity index (χ1v) is 7.76. The van der Waals surface area contributed by atoms with Crippen molar-refractivity contribution in [2.24, 2.45) is 0 Å². The van der Waals surface area contributed by atoms with Crippen molar-refractivity contribution in [1.29, 1.82) is 0 Å². The smallest absolute Gasteiger partial charge is 0.222 e. The number of carbonyl (C=O) groups is 1. The molecule has 0 atom stereocenters. The minimum Gasteiger partial charge on any atom is -0.379 e. The zero-order chi connectivity index (χ0) is 14.1. The number of piperidine rings is 1. The lowest BCUT2D eigenvalue weighted by Gasteiger charge is -2.32. The van der Waals surface area contributed by atoms with Gasteiger partial charge in [-0.3, -0.25) is 4.79 Å². The predicted molar refractivity (Wildman–Crippen MR) is 78.2 cm³/mol. The number of nitrogens with zero attached hydrogens (tertiary/aromatic N) is 1. The second kappa shape index (κ2) is 9.32. The molecule has 0 bridgehead atoms. The normalized spacial score (nSPS) is 17.2. The molecule has 0 aromatic carbocycles. The highest BCUT2D eigenvalue weighted by atomic mass is 16.5. The predicted octanol–water partition coefficient (Wildman–Crippen LogP) is 2.18. The van der Waals surface area contributed by atoms with Crippen LogP contribution in [0.15, 0.2) is 0 Å². The summed E-state index contributed by atoms with van der Waals surface area (Å²) in [5.41, 5.74) is 0. The standard InChI is InChI=1S/C15H30N2O2/c1-4-16-14-8-10-17(11-9-14)15(18)7-5-6-12-19-13(2)3/h13-14,16H,4-12H2,1-3H3. The Hall–Kier alpha value is -0.610. The molecule has 1 N–H and O–H groups in total. The zero-order valence-electron chi connectivity index (χ0n) is 12.8. The van der Waals surface area contributed by atoms with Gasteiger partial charge in [0.25, 0.3) is 0 Å². The van der Waals surface area contributed by atoms with Gasteiger partial charge in [-0.25, -0.2) is 0 Å². The van der Waals surface area contributed by atoms with Crippen molar-refractivity contribution in [1.82, 2.24) is 10.2 Å². The van der Waals surface area contributed by atoms with E-state index in [0.29, 0.717) is 24.5 Å². The van der Waals surface area contributed by atoms with E-state index in [-0.39, 0.29) is 0 Å². The van der Waals surface area contributed by atoms with Crippen LogP contribution in [0.3, 0.4) is 0 Å². The summed E-state index contributed by atoms with van der Waals surface area (Å²) >= 11 is 0. The van der Waals surface area contributed by atoms with E-state index >= 15 is 0 Å². The molecule has 1 amide bonds. The van der Waals surface area contributed by atoms with Crippen molar-refractivity contribution in [2.75, 3.05) is 26.2 Å². The van der Waals surface area contributed by atoms with E-state index in [1.165, 1.54) is 0 Å². The molecule has 1 fully saturated rings. The molecule has 0 aliphatic carbocycles. The second-order valence-corrected chi connectivity index (χ2v) is 5.59. The SMILES string of the molecule is CCNC1CCN(C(=O)CCCCOC(C)C)CC1. The Morgan fingerprint density at radius 1 is 1.32 bits per heavy atom. The Balaban J connectivity index is 2.07. The molecule has 0 aromatic heterocycles. The summed E-state index contributed by atoms with van der Waals surface area (Å²) in [5.74, 6) is 0.319. The summed E-state index contributed by atoms with van der Waals surface area (Å²) < 4.78 is 5.48. The molecule has 0 saturated carbocycles. The Morgan fingerprint density at radius 2 is 2.00 bits per heavy atom. The number of amides is 1. The fraction of sp³-hybridized carbons (Fsp3) is 0.933. The first-order valence-electron chi connectivity index (χ1n) is 7.76. The van der Waals surface area contributed by atoms with E-state index in [1.807, 2.05) is 18.7 Å². The van der Waals surface area contributed by atoms with Gasteiger partial charge in [-0.2, -0.15) is 0 Å². The highest BCUT2D eigenvalue weighted by molar-refractivity contribution is 5.76. The van der Waals surface area contributed by atoms with Crippen molar-refractivity contribution in [3.8, 4) is 0 Å². The van der Waals surface area contributed by atoms with Gasteiger partial charge in [0.05, 0.1) is 6.10 Å². The fourth-order valence-corrected chi connectivity index (χ4v) is 2.48. The van der Waals surface area contributed by atoms with E-state index in [2.05, 4.69) is 12.2 Å². The van der Waals surface area contributed by atoms with E-state index in [1.54, 1.807) is 0 Å². The van der Waals surface area contributed by atoms with Crippen molar-refractivity contribution in [2.45, 2.75) is 65.0 Å². The number of rotatable bonds is 8. The Kier molecular flexibility index (Phi) is 8.07. The monoisotopic (exact) mass is 270 g/mol. The third kappa shape index (κ3) is 6.92. The summed E-state index contributed by atoms with van der Waals surface area (Å²) in [6, 6.07) is 0.605. The summed E-state index contributed by atoms with van der Waals surface area (Å²) in [4.78, 5) is 14.0. The van der Waals surface area contributed by atoms with Crippen LogP contribution < -0.4 is 5.32 Å². The zero-order valence-corrected chi connectivity index (χ0v) is 12.8. The minimum absolute atomic E-state index is 0.292. The maximum absolute atomic E-state index is 12.0. The molecule has 1 saturated heterocycles. The number of carbonyl (C=O) groups excluding carboxylic acids is 1. The highest BCUT2D eigenvalue weighted by Crippen LogP contribution is 2.12. The topological polar surface area (TPSA) is 41.6 Å². The summed E-state index contributed by atoms with van der Waals surface area (Å²) in [7, 11) is 0. The summed E-state index contributed by atoms with van der Waals surface area (Å²) in [6.07, 6.45) is 5.08. The molecule has 0 unspecified atom stereocenters. The van der Waals surface area contributed by atoms with Crippen LogP contribution >= 0.6 is 0 Å². The number of ether oxygens (including phenoxy) is 1. The van der Waals surface area contributed by atoms with E-state index < -0.39 is 0 Å². The Morgan fingerprint density at radius 3 is 2.58 bits per heavy atom. The van der Waals surface area contributed by atoms with Crippen LogP contribution in [0.25, 0.3) is 0 Å². The number of hydrogen-bond acceptors (Lipinski definition) is 3. The van der Waals surface area contributed by atoms with Crippen molar-refractivity contribution < 1.29 is 9.53 Å². The van der Waals surface area contributed by atoms with Crippen LogP contribution in [-0.2, 0) is 9.53 Å². The molecule has 1 aliphatic rings. The van der Waals surface area contributed by atoms with E-state index in [0.717, 1.165) is 51.9 Å². The van der Waals surface area contributed by atoms with Crippen LogP contribution in [0.5, 0.6) is 0 Å². The average molecular weight is 270 g/mol. The Labute approximate surface area is 117 Å². The van der Waals surface area contributed by atoms with Crippen LogP contribution in [-0.4, -0.2) is 49.2 Å². The molecule has 0 radical (unpaired) electrons. The fourth-order valence-electron chi connectivity index (χ4n) is 2.48. The number of nitrogens with one attached hydrogen (secondary N) is 1. The van der Waals surface area contributed by atoms with Gasteiger partial charge in [-0.1, -0.05) is 6.92 Å². The third-order valence-electron chi connectivity index (χ3n) is 3.58. The molecule has 4 nitrogen and oxygen atoms in total. The van der Waals surface area contributed by atoms with Crippen molar-refractivity contribution >= 4 is 5.91 Å². The summed E-state index contributed by atoms with van der Waals surface area (Å²) in [5, 5.41) is 3.46. The quantitative estimate of drug-likeness (QED) is 0.687. The molecule has 0 aromatic rings. The number of likely N-dealkylation sites (tertiary alicyclic amines) is 1. The van der Waals surface area contributed by atoms with E-state index in [9.17, 15) is 4.79 Å². The van der Waals surface area contributed by atoms with Crippen LogP contribution in [0.1, 0.15) is 52.9 Å². The van der Waals surface area contributed by atoms with Gasteiger partial charge in [-0.15, -0.1) is 0 Å². The lowest BCUT2D eigenvalue weighted by atomic mass is 10.0. The van der Waals surface area contributed by atoms with Crippen molar-refractivity contribution in [3.05, 3.63) is 0 Å². The maximum Gasteiger partial charge on any atom is 0.222 e. The van der Waals surface area contributed by atoms with Gasteiger partial charge in [0.15, 0.2) is 0 Å². The first kappa shape index (κ1) is 16.4. The first-order chi connectivity index (χ1) is 9.13. The molecular weight excluding hydrogens is 240 g/mol. The van der Waals surface area contributed by atoms with Gasteiger partial charge < -0.3 is 15.0 Å². The second-order valence-electron chi connectivity index (χ2n) is 5.59. The molecule has 4 heteroatoms. The van der Waals surface area contributed by atoms with Crippen LogP contribution in [0, 0.1) is 0 Å². The molecule has 112 valence electrons. The van der Waals surface area contributed by atoms with E-state index in [4.69, 9.17) is 4.74 Å². The van der Waals surface area contributed by atoms with Crippen LogP contribution in [0.2, 0.25) is 0 Å². The number of unbranched alkanes of at least 4 members (excludes halogenated alkanes) is 1. The van der Waals surface area contributed by atoms with Crippen molar-refractivity contribution in [3.63, 3.8) is 0 Å². The van der Waals surface area contributed by atoms with Gasteiger partial charge in [0.2, 0.25) is 5.91 Å². The van der Waals surface area contributed by atoms with Gasteiger partial charge in [-0.05, 0) is 46.1 Å². The molecule has 0 spiro atoms. The molecule has 1 heterocycles. The highest BCUT2D eigenvalue weighted by Gasteiger charge is 2.21. The largest absolute Gasteiger partial charge is 0.379 e. The average Bonchev–Trinajstić information content (AvgIpc) is 2.39. The maximum atomic E-state index is 12.0. The lowest BCUT2D eigenvalue weighted by molar-refractivity contribution is -0.132. The van der Waals surface area contributed by atoms with Crippen LogP contribution in [0.4, 0.5) is 0 Å². The molecule has 1 aliphatic heterocycles. The minimum atomic E-state index is 0.292. The third-order valence-corrected chi connectivity index (χ3v) is 3.58. The molecular formula is C15H30N2O2. The molecule has 19 heavy (non-hydrogen) atoms.